The number of fused-ring (bicyclic) bond motifs is 2. The molecule has 2 aliphatic rings. The number of carbonyl (C=O) groups excluding carboxylic acids is 2. The molecule has 162 valence electrons. The molecule has 1 aromatic rings. The number of aliphatic hydroxyl groups is 1. The van der Waals surface area contributed by atoms with E-state index in [2.05, 4.69) is 11.8 Å². The first-order valence-corrected chi connectivity index (χ1v) is 10.7. The number of halogens is 3. The van der Waals surface area contributed by atoms with Crippen molar-refractivity contribution in [2.24, 2.45) is 5.92 Å². The van der Waals surface area contributed by atoms with E-state index in [1.807, 2.05) is 24.3 Å². The Hall–Kier alpha value is -1.65. The summed E-state index contributed by atoms with van der Waals surface area (Å²) in [5.74, 6) is 4.47. The van der Waals surface area contributed by atoms with Crippen molar-refractivity contribution in [1.29, 1.82) is 0 Å². The molecule has 0 aliphatic carbocycles. The van der Waals surface area contributed by atoms with Crippen molar-refractivity contribution < 1.29 is 24.2 Å². The van der Waals surface area contributed by atoms with Crippen LogP contribution in [-0.4, -0.2) is 58.3 Å². The lowest BCUT2D eigenvalue weighted by molar-refractivity contribution is -0.150. The van der Waals surface area contributed by atoms with Gasteiger partial charge in [-0.2, -0.15) is 0 Å². The van der Waals surface area contributed by atoms with Crippen LogP contribution in [0.5, 0.6) is 0 Å². The third-order valence-corrected chi connectivity index (χ3v) is 5.94. The first-order chi connectivity index (χ1) is 14.2. The SMILES string of the molecule is COC(=O)C1C(c2ccc(C#CCO)cc2)CC2CCC1N2C(=O)OCC(Cl)(Cl)Cl. The van der Waals surface area contributed by atoms with Crippen LogP contribution in [0.3, 0.4) is 0 Å². The summed E-state index contributed by atoms with van der Waals surface area (Å²) in [6, 6.07) is 7.15. The van der Waals surface area contributed by atoms with Crippen LogP contribution in [0.15, 0.2) is 24.3 Å². The number of esters is 1. The second-order valence-corrected chi connectivity index (χ2v) is 9.86. The fraction of sp³-hybridized carbons (Fsp3) is 0.524. The molecule has 3 rings (SSSR count). The van der Waals surface area contributed by atoms with E-state index in [9.17, 15) is 9.59 Å². The van der Waals surface area contributed by atoms with Crippen LogP contribution in [0.25, 0.3) is 0 Å². The Kier molecular flexibility index (Phi) is 7.41. The number of hydrogen-bond donors (Lipinski definition) is 1. The zero-order valence-corrected chi connectivity index (χ0v) is 18.6. The number of alkyl halides is 3. The lowest BCUT2D eigenvalue weighted by Crippen LogP contribution is -2.53. The molecule has 1 aromatic carbocycles. The highest BCUT2D eigenvalue weighted by Gasteiger charge is 2.53. The second kappa shape index (κ2) is 9.65. The second-order valence-electron chi connectivity index (χ2n) is 7.35. The first kappa shape index (κ1) is 23.0. The summed E-state index contributed by atoms with van der Waals surface area (Å²) in [4.78, 5) is 27.0. The smallest absolute Gasteiger partial charge is 0.410 e. The zero-order valence-electron chi connectivity index (χ0n) is 16.3. The Morgan fingerprint density at radius 2 is 1.93 bits per heavy atom. The van der Waals surface area contributed by atoms with Gasteiger partial charge in [0.05, 0.1) is 13.0 Å². The van der Waals surface area contributed by atoms with Gasteiger partial charge in [0, 0.05) is 23.6 Å². The molecular weight excluding hydrogens is 453 g/mol. The standard InChI is InChI=1S/C21H22Cl3NO5/c1-29-19(27)18-16(14-6-4-13(5-7-14)3-2-10-26)11-15-8-9-17(18)25(15)20(28)30-12-21(22,23)24/h4-7,15-18,26H,8-12H2,1H3. The van der Waals surface area contributed by atoms with Crippen molar-refractivity contribution in [3.8, 4) is 11.8 Å². The topological polar surface area (TPSA) is 76.1 Å². The van der Waals surface area contributed by atoms with Gasteiger partial charge in [-0.3, -0.25) is 4.79 Å². The van der Waals surface area contributed by atoms with Crippen LogP contribution in [0.2, 0.25) is 0 Å². The molecule has 0 spiro atoms. The van der Waals surface area contributed by atoms with E-state index in [1.54, 1.807) is 4.90 Å². The van der Waals surface area contributed by atoms with Gasteiger partial charge in [-0.05, 0) is 37.0 Å². The monoisotopic (exact) mass is 473 g/mol. The van der Waals surface area contributed by atoms with Gasteiger partial charge >= 0.3 is 12.1 Å². The molecule has 0 radical (unpaired) electrons. The van der Waals surface area contributed by atoms with Crippen molar-refractivity contribution in [3.05, 3.63) is 35.4 Å². The summed E-state index contributed by atoms with van der Waals surface area (Å²) in [6.45, 7) is -0.572. The molecule has 2 heterocycles. The van der Waals surface area contributed by atoms with Gasteiger partial charge in [0.1, 0.15) is 13.2 Å². The molecule has 1 N–H and O–H groups in total. The molecule has 2 fully saturated rings. The number of ether oxygens (including phenoxy) is 2. The quantitative estimate of drug-likeness (QED) is 0.411. The maximum Gasteiger partial charge on any atom is 0.410 e. The largest absolute Gasteiger partial charge is 0.469 e. The highest BCUT2D eigenvalue weighted by atomic mass is 35.6. The third-order valence-electron chi connectivity index (χ3n) is 5.61. The van der Waals surface area contributed by atoms with Crippen molar-refractivity contribution in [2.45, 2.75) is 41.1 Å². The van der Waals surface area contributed by atoms with E-state index < -0.39 is 15.8 Å². The number of piperidine rings is 1. The summed E-state index contributed by atoms with van der Waals surface area (Å²) in [7, 11) is 1.35. The van der Waals surface area contributed by atoms with E-state index in [-0.39, 0.29) is 37.2 Å². The van der Waals surface area contributed by atoms with Gasteiger partial charge in [0.25, 0.3) is 0 Å². The normalized spacial score (nSPS) is 25.3. The van der Waals surface area contributed by atoms with Crippen LogP contribution in [0.1, 0.15) is 36.3 Å². The van der Waals surface area contributed by atoms with Gasteiger partial charge in [-0.15, -0.1) is 0 Å². The highest BCUT2D eigenvalue weighted by Crippen LogP contribution is 2.47. The molecule has 9 heteroatoms. The van der Waals surface area contributed by atoms with Crippen LogP contribution >= 0.6 is 34.8 Å². The fourth-order valence-electron chi connectivity index (χ4n) is 4.46. The van der Waals surface area contributed by atoms with Crippen molar-refractivity contribution in [1.82, 2.24) is 4.90 Å². The molecule has 30 heavy (non-hydrogen) atoms. The van der Waals surface area contributed by atoms with Gasteiger partial charge in [-0.25, -0.2) is 4.79 Å². The number of methoxy groups -OCH3 is 1. The summed E-state index contributed by atoms with van der Waals surface area (Å²) in [5.41, 5.74) is 1.75. The van der Waals surface area contributed by atoms with Crippen molar-refractivity contribution in [2.75, 3.05) is 20.3 Å². The lowest BCUT2D eigenvalue weighted by Gasteiger charge is -2.43. The minimum absolute atomic E-state index is 0.0716. The van der Waals surface area contributed by atoms with Gasteiger partial charge in [0.2, 0.25) is 3.79 Å². The van der Waals surface area contributed by atoms with Crippen LogP contribution < -0.4 is 0 Å². The van der Waals surface area contributed by atoms with Crippen LogP contribution in [0, 0.1) is 17.8 Å². The van der Waals surface area contributed by atoms with Crippen molar-refractivity contribution >= 4 is 46.9 Å². The van der Waals surface area contributed by atoms with Gasteiger partial charge in [-0.1, -0.05) is 58.8 Å². The molecule has 2 aliphatic heterocycles. The third kappa shape index (κ3) is 5.15. The Morgan fingerprint density at radius 3 is 2.53 bits per heavy atom. The molecule has 2 bridgehead atoms. The molecular formula is C21H22Cl3NO5. The lowest BCUT2D eigenvalue weighted by atomic mass is 9.76. The van der Waals surface area contributed by atoms with Crippen LogP contribution in [0.4, 0.5) is 4.79 Å². The van der Waals surface area contributed by atoms with Crippen LogP contribution in [-0.2, 0) is 14.3 Å². The summed E-state index contributed by atoms with van der Waals surface area (Å²) >= 11 is 17.1. The Morgan fingerprint density at radius 1 is 1.23 bits per heavy atom. The number of aliphatic hydroxyl groups excluding tert-OH is 1. The predicted octanol–water partition coefficient (Wildman–Crippen LogP) is 3.65. The maximum absolute atomic E-state index is 12.7. The minimum atomic E-state index is -1.70. The van der Waals surface area contributed by atoms with Crippen molar-refractivity contribution in [3.63, 3.8) is 0 Å². The number of hydrogen-bond acceptors (Lipinski definition) is 5. The number of nitrogens with zero attached hydrogens (tertiary/aromatic N) is 1. The molecule has 6 nitrogen and oxygen atoms in total. The number of benzene rings is 1. The average Bonchev–Trinajstić information content (AvgIpc) is 3.03. The summed E-state index contributed by atoms with van der Waals surface area (Å²) < 4.78 is 8.57. The number of rotatable bonds is 3. The fourth-order valence-corrected chi connectivity index (χ4v) is 4.63. The zero-order chi connectivity index (χ0) is 21.9. The van der Waals surface area contributed by atoms with E-state index in [0.717, 1.165) is 17.5 Å². The Bertz CT molecular complexity index is 843. The molecule has 2 saturated heterocycles. The molecule has 4 unspecified atom stereocenters. The molecule has 1 amide bonds. The molecule has 0 saturated carbocycles. The van der Waals surface area contributed by atoms with E-state index >= 15 is 0 Å². The predicted molar refractivity (Wildman–Crippen MR) is 114 cm³/mol. The highest BCUT2D eigenvalue weighted by molar-refractivity contribution is 6.67. The first-order valence-electron chi connectivity index (χ1n) is 9.54. The van der Waals surface area contributed by atoms with Gasteiger partial charge in [0.15, 0.2) is 0 Å². The number of amides is 1. The van der Waals surface area contributed by atoms with E-state index in [1.165, 1.54) is 7.11 Å². The maximum atomic E-state index is 12.7. The number of carbonyl (C=O) groups is 2. The minimum Gasteiger partial charge on any atom is -0.469 e. The summed E-state index contributed by atoms with van der Waals surface area (Å²) in [6.07, 6.45) is 1.44. The van der Waals surface area contributed by atoms with Gasteiger partial charge < -0.3 is 19.5 Å². The van der Waals surface area contributed by atoms with E-state index in [0.29, 0.717) is 12.8 Å². The molecule has 4 atom stereocenters. The summed E-state index contributed by atoms with van der Waals surface area (Å²) in [5, 5.41) is 8.84. The molecule has 0 aromatic heterocycles. The average molecular weight is 475 g/mol. The Balaban J connectivity index is 1.84. The van der Waals surface area contributed by atoms with E-state index in [4.69, 9.17) is 49.4 Å². The Labute approximate surface area is 190 Å².